The van der Waals surface area contributed by atoms with Crippen molar-refractivity contribution in [2.45, 2.75) is 13.5 Å². The number of rotatable bonds is 6. The molecule has 0 aliphatic carbocycles. The Morgan fingerprint density at radius 2 is 2.21 bits per heavy atom. The third kappa shape index (κ3) is 3.62. The molecule has 2 aromatic rings. The summed E-state index contributed by atoms with van der Waals surface area (Å²) in [6.45, 7) is 3.10. The molecule has 5 heteroatoms. The highest BCUT2D eigenvalue weighted by Crippen LogP contribution is 2.28. The predicted octanol–water partition coefficient (Wildman–Crippen LogP) is 2.62. The molecular weight excluding hydrogens is 260 g/mol. The number of nitrogens with two attached hydrogens (primary N) is 1. The fraction of sp³-hybridized carbons (Fsp3) is 0.286. The summed E-state index contributed by atoms with van der Waals surface area (Å²) >= 11 is 1.73. The maximum Gasteiger partial charge on any atom is 0.142 e. The van der Waals surface area contributed by atoms with Crippen molar-refractivity contribution in [3.05, 3.63) is 40.1 Å². The van der Waals surface area contributed by atoms with Crippen molar-refractivity contribution in [1.29, 1.82) is 0 Å². The van der Waals surface area contributed by atoms with Gasteiger partial charge in [0.15, 0.2) is 0 Å². The summed E-state index contributed by atoms with van der Waals surface area (Å²) in [4.78, 5) is 1.30. The summed E-state index contributed by atoms with van der Waals surface area (Å²) in [6.07, 6.45) is 0. The van der Waals surface area contributed by atoms with E-state index in [1.165, 1.54) is 10.4 Å². The summed E-state index contributed by atoms with van der Waals surface area (Å²) < 4.78 is 5.48. The van der Waals surface area contributed by atoms with Crippen LogP contribution in [0.25, 0.3) is 0 Å². The standard InChI is InChI=1S/C14H18N2O2S/c1-10-11(4-7-19-10)9-16-13-8-12(15)2-3-14(13)18-6-5-17/h2-4,7-8,16-17H,5-6,9,15H2,1H3. The van der Waals surface area contributed by atoms with Crippen molar-refractivity contribution in [3.63, 3.8) is 0 Å². The number of hydrogen-bond donors (Lipinski definition) is 3. The van der Waals surface area contributed by atoms with E-state index in [9.17, 15) is 0 Å². The SMILES string of the molecule is Cc1sccc1CNc1cc(N)ccc1OCCO. The van der Waals surface area contributed by atoms with E-state index in [0.717, 1.165) is 12.2 Å². The second-order valence-corrected chi connectivity index (χ2v) is 5.30. The first-order valence-electron chi connectivity index (χ1n) is 6.10. The molecule has 0 atom stereocenters. The van der Waals surface area contributed by atoms with Gasteiger partial charge in [-0.2, -0.15) is 0 Å². The molecule has 19 heavy (non-hydrogen) atoms. The number of nitrogens with one attached hydrogen (secondary N) is 1. The van der Waals surface area contributed by atoms with Crippen LogP contribution in [0, 0.1) is 6.92 Å². The zero-order valence-electron chi connectivity index (χ0n) is 10.8. The quantitative estimate of drug-likeness (QED) is 0.711. The molecule has 0 unspecified atom stereocenters. The molecule has 0 radical (unpaired) electrons. The van der Waals surface area contributed by atoms with E-state index in [1.807, 2.05) is 12.1 Å². The first-order chi connectivity index (χ1) is 9.20. The number of ether oxygens (including phenoxy) is 1. The van der Waals surface area contributed by atoms with Crippen LogP contribution in [0.1, 0.15) is 10.4 Å². The van der Waals surface area contributed by atoms with E-state index < -0.39 is 0 Å². The van der Waals surface area contributed by atoms with Crippen molar-refractivity contribution in [2.75, 3.05) is 24.3 Å². The van der Waals surface area contributed by atoms with Crippen LogP contribution in [0.2, 0.25) is 0 Å². The Morgan fingerprint density at radius 1 is 1.37 bits per heavy atom. The molecule has 2 rings (SSSR count). The Labute approximate surface area is 116 Å². The third-order valence-corrected chi connectivity index (χ3v) is 3.68. The van der Waals surface area contributed by atoms with E-state index in [0.29, 0.717) is 11.4 Å². The molecule has 0 aliphatic heterocycles. The zero-order valence-corrected chi connectivity index (χ0v) is 11.7. The molecule has 1 heterocycles. The molecule has 0 spiro atoms. The second-order valence-electron chi connectivity index (χ2n) is 4.18. The van der Waals surface area contributed by atoms with E-state index in [2.05, 4.69) is 23.7 Å². The number of nitrogen functional groups attached to an aromatic ring is 1. The van der Waals surface area contributed by atoms with E-state index in [-0.39, 0.29) is 13.2 Å². The summed E-state index contributed by atoms with van der Waals surface area (Å²) in [7, 11) is 0. The number of aliphatic hydroxyl groups is 1. The molecule has 4 nitrogen and oxygen atoms in total. The van der Waals surface area contributed by atoms with Crippen LogP contribution in [-0.4, -0.2) is 18.3 Å². The predicted molar refractivity (Wildman–Crippen MR) is 79.8 cm³/mol. The number of benzene rings is 1. The number of aliphatic hydroxyl groups excluding tert-OH is 1. The van der Waals surface area contributed by atoms with Crippen LogP contribution >= 0.6 is 11.3 Å². The third-order valence-electron chi connectivity index (χ3n) is 2.79. The fourth-order valence-electron chi connectivity index (χ4n) is 1.75. The number of anilines is 2. The summed E-state index contributed by atoms with van der Waals surface area (Å²) in [5.41, 5.74) is 8.58. The molecular formula is C14H18N2O2S. The van der Waals surface area contributed by atoms with Gasteiger partial charge in [-0.1, -0.05) is 0 Å². The minimum absolute atomic E-state index is 0.00649. The Morgan fingerprint density at radius 3 is 2.89 bits per heavy atom. The molecule has 0 bridgehead atoms. The van der Waals surface area contributed by atoms with Crippen LogP contribution < -0.4 is 15.8 Å². The molecule has 0 saturated carbocycles. The first kappa shape index (κ1) is 13.7. The van der Waals surface area contributed by atoms with Gasteiger partial charge < -0.3 is 20.9 Å². The smallest absolute Gasteiger partial charge is 0.142 e. The lowest BCUT2D eigenvalue weighted by atomic mass is 10.2. The lowest BCUT2D eigenvalue weighted by molar-refractivity contribution is 0.202. The molecule has 4 N–H and O–H groups in total. The average molecular weight is 278 g/mol. The van der Waals surface area contributed by atoms with Crippen LogP contribution in [0.3, 0.4) is 0 Å². The first-order valence-corrected chi connectivity index (χ1v) is 6.98. The van der Waals surface area contributed by atoms with Crippen molar-refractivity contribution >= 4 is 22.7 Å². The summed E-state index contributed by atoms with van der Waals surface area (Å²) in [5.74, 6) is 0.705. The van der Waals surface area contributed by atoms with Gasteiger partial charge in [-0.15, -0.1) is 11.3 Å². The maximum absolute atomic E-state index is 8.82. The van der Waals surface area contributed by atoms with Crippen LogP contribution in [-0.2, 0) is 6.54 Å². The summed E-state index contributed by atoms with van der Waals surface area (Å²) in [5, 5.41) is 14.2. The highest BCUT2D eigenvalue weighted by Gasteiger charge is 2.06. The molecule has 0 fully saturated rings. The van der Waals surface area contributed by atoms with Crippen molar-refractivity contribution in [1.82, 2.24) is 0 Å². The highest BCUT2D eigenvalue weighted by atomic mass is 32.1. The number of aryl methyl sites for hydroxylation is 1. The van der Waals surface area contributed by atoms with Crippen LogP contribution in [0.15, 0.2) is 29.6 Å². The lowest BCUT2D eigenvalue weighted by Gasteiger charge is -2.13. The number of hydrogen-bond acceptors (Lipinski definition) is 5. The molecule has 1 aromatic carbocycles. The highest BCUT2D eigenvalue weighted by molar-refractivity contribution is 7.10. The topological polar surface area (TPSA) is 67.5 Å². The molecule has 0 amide bonds. The van der Waals surface area contributed by atoms with Crippen molar-refractivity contribution < 1.29 is 9.84 Å². The molecule has 0 saturated heterocycles. The van der Waals surface area contributed by atoms with E-state index >= 15 is 0 Å². The Balaban J connectivity index is 2.09. The van der Waals surface area contributed by atoms with Gasteiger partial charge in [-0.25, -0.2) is 0 Å². The summed E-state index contributed by atoms with van der Waals surface area (Å²) in [6, 6.07) is 7.55. The van der Waals surface area contributed by atoms with Crippen LogP contribution in [0.4, 0.5) is 11.4 Å². The molecule has 0 aliphatic rings. The molecule has 1 aromatic heterocycles. The van der Waals surface area contributed by atoms with E-state index in [4.69, 9.17) is 15.6 Å². The fourth-order valence-corrected chi connectivity index (χ4v) is 2.48. The monoisotopic (exact) mass is 278 g/mol. The normalized spacial score (nSPS) is 10.4. The second kappa shape index (κ2) is 6.45. The molecule has 102 valence electrons. The minimum Gasteiger partial charge on any atom is -0.489 e. The lowest BCUT2D eigenvalue weighted by Crippen LogP contribution is -2.06. The average Bonchev–Trinajstić information content (AvgIpc) is 2.81. The van der Waals surface area contributed by atoms with Gasteiger partial charge in [0.25, 0.3) is 0 Å². The Kier molecular flexibility index (Phi) is 4.65. The zero-order chi connectivity index (χ0) is 13.7. The number of thiophene rings is 1. The van der Waals surface area contributed by atoms with E-state index in [1.54, 1.807) is 17.4 Å². The van der Waals surface area contributed by atoms with Gasteiger partial charge in [-0.05, 0) is 42.1 Å². The minimum atomic E-state index is -0.00649. The van der Waals surface area contributed by atoms with Gasteiger partial charge in [0, 0.05) is 17.1 Å². The Hall–Kier alpha value is -1.72. The van der Waals surface area contributed by atoms with Crippen molar-refractivity contribution in [3.8, 4) is 5.75 Å². The van der Waals surface area contributed by atoms with Gasteiger partial charge in [-0.3, -0.25) is 0 Å². The maximum atomic E-state index is 8.82. The van der Waals surface area contributed by atoms with Gasteiger partial charge >= 0.3 is 0 Å². The largest absolute Gasteiger partial charge is 0.489 e. The Bertz CT molecular complexity index is 540. The van der Waals surface area contributed by atoms with Gasteiger partial charge in [0.05, 0.1) is 12.3 Å². The van der Waals surface area contributed by atoms with Gasteiger partial charge in [0.2, 0.25) is 0 Å². The van der Waals surface area contributed by atoms with Gasteiger partial charge in [0.1, 0.15) is 12.4 Å². The van der Waals surface area contributed by atoms with Crippen molar-refractivity contribution in [2.24, 2.45) is 0 Å². The van der Waals surface area contributed by atoms with Crippen LogP contribution in [0.5, 0.6) is 5.75 Å².